The van der Waals surface area contributed by atoms with Gasteiger partial charge in [0.2, 0.25) is 10.0 Å². The van der Waals surface area contributed by atoms with Crippen LogP contribution in [0.4, 0.5) is 11.4 Å². The van der Waals surface area contributed by atoms with Gasteiger partial charge in [-0.05, 0) is 36.8 Å². The summed E-state index contributed by atoms with van der Waals surface area (Å²) in [5.41, 5.74) is 1.57. The van der Waals surface area contributed by atoms with Crippen LogP contribution in [-0.2, 0) is 10.0 Å². The van der Waals surface area contributed by atoms with Crippen molar-refractivity contribution in [1.29, 1.82) is 0 Å². The van der Waals surface area contributed by atoms with Crippen LogP contribution in [0.5, 0.6) is 0 Å². The molecule has 0 aliphatic heterocycles. The third-order valence-corrected chi connectivity index (χ3v) is 4.68. The lowest BCUT2D eigenvalue weighted by molar-refractivity contribution is 0.102. The summed E-state index contributed by atoms with van der Waals surface area (Å²) < 4.78 is 25.1. The van der Waals surface area contributed by atoms with Gasteiger partial charge in [-0.1, -0.05) is 40.9 Å². The van der Waals surface area contributed by atoms with Gasteiger partial charge in [-0.2, -0.15) is 0 Å². The Hall–Kier alpha value is -1.47. The van der Waals surface area contributed by atoms with E-state index in [9.17, 15) is 13.2 Å². The molecule has 0 fully saturated rings. The minimum atomic E-state index is -3.45. The molecular formula is C15H13Cl3N2O3S. The standard InChI is InChI=1S/C15H13Cl3N2O3S/c1-8-3-4-9(5-13(8)20-24(2,22)23)15(21)19-14-7-11(17)10(16)6-12(14)18/h3-7,20H,1-2H3,(H,19,21). The van der Waals surface area contributed by atoms with E-state index >= 15 is 0 Å². The second kappa shape index (κ2) is 7.19. The van der Waals surface area contributed by atoms with Gasteiger partial charge in [0.05, 0.1) is 32.7 Å². The molecule has 0 saturated carbocycles. The maximum absolute atomic E-state index is 12.4. The van der Waals surface area contributed by atoms with Crippen molar-refractivity contribution in [3.05, 3.63) is 56.5 Å². The van der Waals surface area contributed by atoms with Crippen molar-refractivity contribution in [2.45, 2.75) is 6.92 Å². The van der Waals surface area contributed by atoms with Gasteiger partial charge in [-0.3, -0.25) is 9.52 Å². The number of rotatable bonds is 4. The van der Waals surface area contributed by atoms with Crippen molar-refractivity contribution in [2.75, 3.05) is 16.3 Å². The SMILES string of the molecule is Cc1ccc(C(=O)Nc2cc(Cl)c(Cl)cc2Cl)cc1NS(C)(=O)=O. The highest BCUT2D eigenvalue weighted by Crippen LogP contribution is 2.32. The van der Waals surface area contributed by atoms with E-state index in [0.717, 1.165) is 6.26 Å². The molecule has 2 aromatic rings. The van der Waals surface area contributed by atoms with E-state index in [0.29, 0.717) is 16.9 Å². The van der Waals surface area contributed by atoms with Gasteiger partial charge in [0, 0.05) is 5.56 Å². The molecule has 0 unspecified atom stereocenters. The summed E-state index contributed by atoms with van der Waals surface area (Å²) in [6, 6.07) is 7.51. The molecule has 0 aliphatic carbocycles. The Labute approximate surface area is 155 Å². The first-order valence-electron chi connectivity index (χ1n) is 6.61. The number of hydrogen-bond donors (Lipinski definition) is 2. The van der Waals surface area contributed by atoms with Crippen LogP contribution < -0.4 is 10.0 Å². The molecular weight excluding hydrogens is 395 g/mol. The van der Waals surface area contributed by atoms with Crippen LogP contribution >= 0.6 is 34.8 Å². The average Bonchev–Trinajstić information content (AvgIpc) is 2.45. The smallest absolute Gasteiger partial charge is 0.255 e. The molecule has 2 N–H and O–H groups in total. The number of carbonyl (C=O) groups is 1. The Morgan fingerprint density at radius 3 is 2.21 bits per heavy atom. The van der Waals surface area contributed by atoms with Gasteiger partial charge < -0.3 is 5.32 Å². The summed E-state index contributed by atoms with van der Waals surface area (Å²) in [5.74, 6) is -0.466. The van der Waals surface area contributed by atoms with Crippen LogP contribution in [-0.4, -0.2) is 20.6 Å². The molecule has 0 heterocycles. The lowest BCUT2D eigenvalue weighted by Gasteiger charge is -2.12. The van der Waals surface area contributed by atoms with Crippen LogP contribution in [0.25, 0.3) is 0 Å². The minimum absolute atomic E-state index is 0.236. The normalized spacial score (nSPS) is 11.2. The third kappa shape index (κ3) is 4.77. The molecule has 128 valence electrons. The van der Waals surface area contributed by atoms with E-state index in [1.54, 1.807) is 19.1 Å². The number of halogens is 3. The Balaban J connectivity index is 2.31. The Morgan fingerprint density at radius 1 is 0.958 bits per heavy atom. The number of hydrogen-bond acceptors (Lipinski definition) is 3. The van der Waals surface area contributed by atoms with Crippen molar-refractivity contribution < 1.29 is 13.2 Å². The zero-order chi connectivity index (χ0) is 18.1. The molecule has 9 heteroatoms. The first kappa shape index (κ1) is 18.9. The van der Waals surface area contributed by atoms with E-state index in [2.05, 4.69) is 10.0 Å². The molecule has 2 rings (SSSR count). The maximum Gasteiger partial charge on any atom is 0.255 e. The Bertz CT molecular complexity index is 914. The van der Waals surface area contributed by atoms with E-state index in [-0.39, 0.29) is 20.6 Å². The van der Waals surface area contributed by atoms with Crippen molar-refractivity contribution in [1.82, 2.24) is 0 Å². The van der Waals surface area contributed by atoms with Crippen LogP contribution in [0.3, 0.4) is 0 Å². The predicted molar refractivity (Wildman–Crippen MR) is 99.1 cm³/mol. The quantitative estimate of drug-likeness (QED) is 0.728. The molecule has 0 spiro atoms. The Morgan fingerprint density at radius 2 is 1.58 bits per heavy atom. The van der Waals surface area contributed by atoms with Crippen molar-refractivity contribution in [3.8, 4) is 0 Å². The summed E-state index contributed by atoms with van der Waals surface area (Å²) in [6.45, 7) is 1.73. The molecule has 0 atom stereocenters. The van der Waals surface area contributed by atoms with Gasteiger partial charge in [-0.15, -0.1) is 0 Å². The fourth-order valence-corrected chi connectivity index (χ4v) is 3.10. The Kier molecular flexibility index (Phi) is 5.65. The molecule has 2 aromatic carbocycles. The molecule has 5 nitrogen and oxygen atoms in total. The summed E-state index contributed by atoms with van der Waals surface area (Å²) in [4.78, 5) is 12.4. The minimum Gasteiger partial charge on any atom is -0.321 e. The van der Waals surface area contributed by atoms with E-state index < -0.39 is 15.9 Å². The van der Waals surface area contributed by atoms with Crippen molar-refractivity contribution >= 4 is 62.1 Å². The number of nitrogens with one attached hydrogen (secondary N) is 2. The highest BCUT2D eigenvalue weighted by Gasteiger charge is 2.13. The van der Waals surface area contributed by atoms with Gasteiger partial charge in [0.25, 0.3) is 5.91 Å². The molecule has 0 aromatic heterocycles. The van der Waals surface area contributed by atoms with Crippen LogP contribution in [0.15, 0.2) is 30.3 Å². The van der Waals surface area contributed by atoms with Crippen LogP contribution in [0.1, 0.15) is 15.9 Å². The van der Waals surface area contributed by atoms with E-state index in [1.165, 1.54) is 18.2 Å². The topological polar surface area (TPSA) is 75.3 Å². The van der Waals surface area contributed by atoms with E-state index in [4.69, 9.17) is 34.8 Å². The number of carbonyl (C=O) groups excluding carboxylic acids is 1. The largest absolute Gasteiger partial charge is 0.321 e. The summed E-state index contributed by atoms with van der Waals surface area (Å²) in [6.07, 6.45) is 1.04. The first-order valence-corrected chi connectivity index (χ1v) is 9.63. The summed E-state index contributed by atoms with van der Waals surface area (Å²) >= 11 is 17.8. The first-order chi connectivity index (χ1) is 11.1. The molecule has 0 bridgehead atoms. The summed E-state index contributed by atoms with van der Waals surface area (Å²) in [5, 5.41) is 3.37. The number of amides is 1. The maximum atomic E-state index is 12.4. The van der Waals surface area contributed by atoms with Crippen LogP contribution in [0.2, 0.25) is 15.1 Å². The monoisotopic (exact) mass is 406 g/mol. The zero-order valence-electron chi connectivity index (χ0n) is 12.7. The second-order valence-electron chi connectivity index (χ2n) is 5.10. The molecule has 24 heavy (non-hydrogen) atoms. The van der Waals surface area contributed by atoms with E-state index in [1.807, 2.05) is 0 Å². The predicted octanol–water partition coefficient (Wildman–Crippen LogP) is 4.58. The van der Waals surface area contributed by atoms with Gasteiger partial charge in [0.1, 0.15) is 0 Å². The highest BCUT2D eigenvalue weighted by atomic mass is 35.5. The number of aryl methyl sites for hydroxylation is 1. The lowest BCUT2D eigenvalue weighted by atomic mass is 10.1. The fraction of sp³-hybridized carbons (Fsp3) is 0.133. The zero-order valence-corrected chi connectivity index (χ0v) is 15.7. The highest BCUT2D eigenvalue weighted by molar-refractivity contribution is 7.92. The fourth-order valence-electron chi connectivity index (χ4n) is 1.89. The summed E-state index contributed by atoms with van der Waals surface area (Å²) in [7, 11) is -3.45. The number of anilines is 2. The molecule has 1 amide bonds. The van der Waals surface area contributed by atoms with Crippen molar-refractivity contribution in [3.63, 3.8) is 0 Å². The average molecular weight is 408 g/mol. The van der Waals surface area contributed by atoms with Crippen molar-refractivity contribution in [2.24, 2.45) is 0 Å². The molecule has 0 saturated heterocycles. The second-order valence-corrected chi connectivity index (χ2v) is 8.07. The van der Waals surface area contributed by atoms with Crippen LogP contribution in [0, 0.1) is 6.92 Å². The van der Waals surface area contributed by atoms with Gasteiger partial charge in [-0.25, -0.2) is 8.42 Å². The number of benzene rings is 2. The molecule has 0 aliphatic rings. The molecule has 0 radical (unpaired) electrons. The third-order valence-electron chi connectivity index (χ3n) is 3.05. The lowest BCUT2D eigenvalue weighted by Crippen LogP contribution is -2.15. The van der Waals surface area contributed by atoms with Gasteiger partial charge in [0.15, 0.2) is 0 Å². The number of sulfonamides is 1. The van der Waals surface area contributed by atoms with Gasteiger partial charge >= 0.3 is 0 Å².